The third-order valence-electron chi connectivity index (χ3n) is 6.39. The molecule has 3 atom stereocenters. The molecule has 11 heteroatoms. The molecular weight excluding hydrogens is 492 g/mol. The molecule has 3 heterocycles. The first kappa shape index (κ1) is 25.1. The van der Waals surface area contributed by atoms with Gasteiger partial charge in [-0.2, -0.15) is 5.10 Å². The number of hydrogen-bond donors (Lipinski definition) is 3. The van der Waals surface area contributed by atoms with E-state index in [1.54, 1.807) is 13.2 Å². The van der Waals surface area contributed by atoms with E-state index in [2.05, 4.69) is 43.3 Å². The summed E-state index contributed by atoms with van der Waals surface area (Å²) >= 11 is 1.39. The van der Waals surface area contributed by atoms with Gasteiger partial charge in [0.1, 0.15) is 23.4 Å². The van der Waals surface area contributed by atoms with E-state index < -0.39 is 0 Å². The molecule has 10 nitrogen and oxygen atoms in total. The number of thioether (sulfide) groups is 1. The summed E-state index contributed by atoms with van der Waals surface area (Å²) < 4.78 is 16.5. The van der Waals surface area contributed by atoms with Gasteiger partial charge < -0.3 is 29.4 Å². The Morgan fingerprint density at radius 1 is 1.11 bits per heavy atom. The number of amidine groups is 1. The number of amides is 1. The second kappa shape index (κ2) is 11.2. The minimum atomic E-state index is -0.143. The van der Waals surface area contributed by atoms with Crippen LogP contribution in [0.5, 0.6) is 17.2 Å². The number of hydrazone groups is 1. The van der Waals surface area contributed by atoms with E-state index in [1.807, 2.05) is 50.5 Å². The first-order valence-corrected chi connectivity index (χ1v) is 13.4. The fourth-order valence-electron chi connectivity index (χ4n) is 4.66. The summed E-state index contributed by atoms with van der Waals surface area (Å²) in [6.07, 6.45) is 4.92. The van der Waals surface area contributed by atoms with Gasteiger partial charge in [-0.3, -0.25) is 10.2 Å². The normalized spacial score (nSPS) is 21.6. The van der Waals surface area contributed by atoms with Crippen LogP contribution in [0.15, 0.2) is 60.0 Å². The number of methoxy groups -OCH3 is 1. The molecule has 0 spiro atoms. The van der Waals surface area contributed by atoms with Crippen LogP contribution in [0.4, 0.5) is 5.69 Å². The lowest BCUT2D eigenvalue weighted by Crippen LogP contribution is -2.54. The van der Waals surface area contributed by atoms with Crippen molar-refractivity contribution in [1.82, 2.24) is 20.8 Å². The average Bonchev–Trinajstić information content (AvgIpc) is 3.53. The zero-order valence-electron chi connectivity index (χ0n) is 21.1. The van der Waals surface area contributed by atoms with Gasteiger partial charge in [0.15, 0.2) is 5.17 Å². The predicted molar refractivity (Wildman–Crippen MR) is 144 cm³/mol. The monoisotopic (exact) mass is 524 g/mol. The van der Waals surface area contributed by atoms with Crippen molar-refractivity contribution in [2.24, 2.45) is 5.10 Å². The highest BCUT2D eigenvalue weighted by atomic mass is 32.2. The van der Waals surface area contributed by atoms with Crippen LogP contribution in [0.1, 0.15) is 31.9 Å². The van der Waals surface area contributed by atoms with Crippen molar-refractivity contribution in [3.8, 4) is 17.2 Å². The number of nitrogens with one attached hydrogen (secondary N) is 3. The Morgan fingerprint density at radius 3 is 2.65 bits per heavy atom. The Labute approximate surface area is 221 Å². The van der Waals surface area contributed by atoms with Gasteiger partial charge in [-0.15, -0.1) is 0 Å². The van der Waals surface area contributed by atoms with E-state index in [4.69, 9.17) is 14.2 Å². The third-order valence-corrected chi connectivity index (χ3v) is 7.36. The molecule has 3 N–H and O–H groups in total. The minimum Gasteiger partial charge on any atom is -0.497 e. The summed E-state index contributed by atoms with van der Waals surface area (Å²) in [6.45, 7) is 4.88. The molecule has 2 aromatic rings. The Bertz CT molecular complexity index is 1170. The maximum Gasteiger partial charge on any atom is 0.234 e. The lowest BCUT2D eigenvalue weighted by molar-refractivity contribution is -0.113. The third kappa shape index (κ3) is 5.42. The molecule has 1 saturated heterocycles. The quantitative estimate of drug-likeness (QED) is 0.455. The fraction of sp³-hybridized carbons (Fsp3) is 0.385. The Balaban J connectivity index is 1.18. The van der Waals surface area contributed by atoms with Crippen molar-refractivity contribution in [3.63, 3.8) is 0 Å². The van der Waals surface area contributed by atoms with Gasteiger partial charge in [0.05, 0.1) is 43.8 Å². The van der Waals surface area contributed by atoms with E-state index in [-0.39, 0.29) is 29.9 Å². The SMILES string of the molecule is CCOc1ccc(OCC)c(NC(=O)CSC2=NNC3C4CC(c5ccc(OC)cc5)NN4C=CN23)c1. The zero-order chi connectivity index (χ0) is 25.8. The van der Waals surface area contributed by atoms with Crippen molar-refractivity contribution >= 4 is 28.5 Å². The van der Waals surface area contributed by atoms with Gasteiger partial charge in [0.2, 0.25) is 5.91 Å². The van der Waals surface area contributed by atoms with Crippen LogP contribution in [0, 0.1) is 0 Å². The second-order valence-corrected chi connectivity index (χ2v) is 9.64. The molecule has 196 valence electrons. The van der Waals surface area contributed by atoms with Crippen molar-refractivity contribution < 1.29 is 19.0 Å². The molecule has 2 aromatic carbocycles. The smallest absolute Gasteiger partial charge is 0.234 e. The molecule has 0 aliphatic carbocycles. The molecule has 0 saturated carbocycles. The molecule has 0 bridgehead atoms. The topological polar surface area (TPSA) is 99.7 Å². The van der Waals surface area contributed by atoms with Gasteiger partial charge in [-0.25, -0.2) is 5.43 Å². The van der Waals surface area contributed by atoms with Crippen molar-refractivity contribution in [3.05, 3.63) is 60.4 Å². The highest BCUT2D eigenvalue weighted by Gasteiger charge is 2.44. The fourth-order valence-corrected chi connectivity index (χ4v) is 5.44. The number of benzene rings is 2. The number of ether oxygens (including phenoxy) is 3. The summed E-state index contributed by atoms with van der Waals surface area (Å²) in [6, 6.07) is 14.0. The maximum atomic E-state index is 12.8. The number of fused-ring (bicyclic) bond motifs is 3. The molecule has 3 aliphatic rings. The van der Waals surface area contributed by atoms with Crippen LogP contribution in [0.25, 0.3) is 0 Å². The summed E-state index contributed by atoms with van der Waals surface area (Å²) in [7, 11) is 1.67. The van der Waals surface area contributed by atoms with Crippen LogP contribution in [-0.4, -0.2) is 59.3 Å². The van der Waals surface area contributed by atoms with E-state index in [1.165, 1.54) is 17.3 Å². The van der Waals surface area contributed by atoms with Crippen molar-refractivity contribution in [2.45, 2.75) is 38.5 Å². The van der Waals surface area contributed by atoms with Gasteiger partial charge in [0, 0.05) is 18.5 Å². The van der Waals surface area contributed by atoms with Gasteiger partial charge in [-0.1, -0.05) is 23.9 Å². The second-order valence-electron chi connectivity index (χ2n) is 8.70. The van der Waals surface area contributed by atoms with E-state index in [0.717, 1.165) is 17.3 Å². The molecule has 5 rings (SSSR count). The Morgan fingerprint density at radius 2 is 1.89 bits per heavy atom. The average molecular weight is 525 g/mol. The summed E-state index contributed by atoms with van der Waals surface area (Å²) in [4.78, 5) is 14.9. The highest BCUT2D eigenvalue weighted by Crippen LogP contribution is 2.36. The zero-order valence-corrected chi connectivity index (χ0v) is 22.0. The molecule has 3 unspecified atom stereocenters. The Hall–Kier alpha value is -3.57. The maximum absolute atomic E-state index is 12.8. The lowest BCUT2D eigenvalue weighted by Gasteiger charge is -2.36. The molecule has 1 fully saturated rings. The molecule has 37 heavy (non-hydrogen) atoms. The highest BCUT2D eigenvalue weighted by molar-refractivity contribution is 8.14. The number of hydrazine groups is 1. The first-order chi connectivity index (χ1) is 18.1. The van der Waals surface area contributed by atoms with Crippen LogP contribution in [-0.2, 0) is 4.79 Å². The van der Waals surface area contributed by atoms with Crippen molar-refractivity contribution in [2.75, 3.05) is 31.4 Å². The Kier molecular flexibility index (Phi) is 7.61. The first-order valence-electron chi connectivity index (χ1n) is 12.4. The lowest BCUT2D eigenvalue weighted by atomic mass is 10.00. The number of nitrogens with zero attached hydrogens (tertiary/aromatic N) is 3. The molecular formula is C26H32N6O4S. The molecule has 0 radical (unpaired) electrons. The number of carbonyl (C=O) groups excluding carboxylic acids is 1. The van der Waals surface area contributed by atoms with Crippen LogP contribution < -0.4 is 30.4 Å². The van der Waals surface area contributed by atoms with Crippen molar-refractivity contribution in [1.29, 1.82) is 0 Å². The van der Waals surface area contributed by atoms with E-state index >= 15 is 0 Å². The van der Waals surface area contributed by atoms with E-state index in [0.29, 0.717) is 30.4 Å². The molecule has 3 aliphatic heterocycles. The number of anilines is 1. The molecule has 1 amide bonds. The standard InChI is InChI=1S/C26H32N6O4S/c1-4-35-19-10-11-23(36-5-2)21(14-19)27-24(33)16-37-26-29-28-25-22-15-20(30-32(22)13-12-31(25)26)17-6-8-18(34-3)9-7-17/h6-14,20,22,25,28,30H,4-5,15-16H2,1-3H3,(H,27,33). The van der Waals surface area contributed by atoms with Crippen LogP contribution in [0.2, 0.25) is 0 Å². The van der Waals surface area contributed by atoms with Gasteiger partial charge in [-0.05, 0) is 50.1 Å². The molecule has 0 aromatic heterocycles. The predicted octanol–water partition coefficient (Wildman–Crippen LogP) is 3.47. The van der Waals surface area contributed by atoms with Crippen LogP contribution >= 0.6 is 11.8 Å². The summed E-state index contributed by atoms with van der Waals surface area (Å²) in [5.41, 5.74) is 8.64. The largest absolute Gasteiger partial charge is 0.497 e. The number of rotatable bonds is 9. The van der Waals surface area contributed by atoms with Gasteiger partial charge >= 0.3 is 0 Å². The van der Waals surface area contributed by atoms with Crippen LogP contribution in [0.3, 0.4) is 0 Å². The number of hydrogen-bond acceptors (Lipinski definition) is 10. The summed E-state index contributed by atoms with van der Waals surface area (Å²) in [5.74, 6) is 2.21. The summed E-state index contributed by atoms with van der Waals surface area (Å²) in [5, 5.41) is 10.4. The number of carbonyl (C=O) groups is 1. The minimum absolute atomic E-state index is 0.0151. The van der Waals surface area contributed by atoms with Gasteiger partial charge in [0.25, 0.3) is 0 Å². The van der Waals surface area contributed by atoms with E-state index in [9.17, 15) is 4.79 Å².